The third-order valence-corrected chi connectivity index (χ3v) is 3.58. The third kappa shape index (κ3) is 3.45. The number of oxime groups is 1. The molecule has 0 radical (unpaired) electrons. The Morgan fingerprint density at radius 1 is 1.44 bits per heavy atom. The first-order valence-electron chi connectivity index (χ1n) is 6.27. The van der Waals surface area contributed by atoms with E-state index in [2.05, 4.69) is 26.4 Å². The molecule has 6 heteroatoms. The molecule has 0 bridgehead atoms. The molecule has 102 valence electrons. The number of nitrogens with zero attached hydrogens (tertiary/aromatic N) is 1. The predicted molar refractivity (Wildman–Crippen MR) is 71.6 cm³/mol. The molecule has 1 atom stereocenters. The van der Waals surface area contributed by atoms with Crippen LogP contribution in [0.2, 0.25) is 0 Å². The molecule has 1 saturated heterocycles. The van der Waals surface area contributed by atoms with Gasteiger partial charge in [0, 0.05) is 25.6 Å². The first-order valence-corrected chi connectivity index (χ1v) is 7.06. The van der Waals surface area contributed by atoms with Crippen LogP contribution in [0, 0.1) is 5.92 Å². The number of hydrogen-bond donors (Lipinski definition) is 1. The van der Waals surface area contributed by atoms with E-state index in [9.17, 15) is 4.79 Å². The maximum absolute atomic E-state index is 11.8. The zero-order chi connectivity index (χ0) is 13.2. The molecule has 5 nitrogen and oxygen atoms in total. The fourth-order valence-electron chi connectivity index (χ4n) is 2.06. The summed E-state index contributed by atoms with van der Waals surface area (Å²) in [4.78, 5) is 17.1. The predicted octanol–water partition coefficient (Wildman–Crippen LogP) is 1.81. The van der Waals surface area contributed by atoms with Crippen LogP contribution >= 0.6 is 15.9 Å². The monoisotopic (exact) mass is 318 g/mol. The van der Waals surface area contributed by atoms with E-state index in [0.29, 0.717) is 12.3 Å². The number of nitrogens with one attached hydrogen (secondary N) is 1. The normalized spacial score (nSPS) is 25.5. The number of carbonyl (C=O) groups is 1. The fourth-order valence-corrected chi connectivity index (χ4v) is 2.18. The Hall–Kier alpha value is -0.620. The molecule has 18 heavy (non-hydrogen) atoms. The van der Waals surface area contributed by atoms with E-state index in [-0.39, 0.29) is 12.1 Å². The van der Waals surface area contributed by atoms with Crippen molar-refractivity contribution >= 4 is 27.5 Å². The van der Waals surface area contributed by atoms with Crippen molar-refractivity contribution in [1.82, 2.24) is 5.32 Å². The number of alkyl halides is 1. The largest absolute Gasteiger partial charge is 0.381 e. The van der Waals surface area contributed by atoms with Gasteiger partial charge < -0.3 is 14.9 Å². The molecule has 0 aromatic carbocycles. The van der Waals surface area contributed by atoms with Crippen LogP contribution < -0.4 is 5.32 Å². The lowest BCUT2D eigenvalue weighted by atomic mass is 9.93. The summed E-state index contributed by atoms with van der Waals surface area (Å²) in [6, 6.07) is 0. The summed E-state index contributed by atoms with van der Waals surface area (Å²) in [5.74, 6) is 0.355. The summed E-state index contributed by atoms with van der Waals surface area (Å²) >= 11 is 3.32. The minimum absolute atomic E-state index is 0.0871. The molecule has 0 aliphatic carbocycles. The van der Waals surface area contributed by atoms with Crippen LogP contribution in [0.15, 0.2) is 5.16 Å². The number of carbonyl (C=O) groups excluding carboxylic acids is 1. The van der Waals surface area contributed by atoms with Crippen molar-refractivity contribution < 1.29 is 14.4 Å². The van der Waals surface area contributed by atoms with E-state index < -0.39 is 4.32 Å². The highest BCUT2D eigenvalue weighted by atomic mass is 79.9. The van der Waals surface area contributed by atoms with Gasteiger partial charge >= 0.3 is 0 Å². The van der Waals surface area contributed by atoms with Crippen molar-refractivity contribution in [1.29, 1.82) is 0 Å². The first-order chi connectivity index (χ1) is 8.47. The second-order valence-corrected chi connectivity index (χ2v) is 7.20. The molecular formula is C12H19BrN2O3. The van der Waals surface area contributed by atoms with Crippen LogP contribution in [-0.4, -0.2) is 35.4 Å². The lowest BCUT2D eigenvalue weighted by Crippen LogP contribution is -2.44. The molecule has 2 rings (SSSR count). The number of hydrogen-bond acceptors (Lipinski definition) is 4. The topological polar surface area (TPSA) is 59.9 Å². The zero-order valence-electron chi connectivity index (χ0n) is 10.7. The molecule has 1 N–H and O–H groups in total. The Bertz CT molecular complexity index is 346. The summed E-state index contributed by atoms with van der Waals surface area (Å²) in [5, 5.41) is 6.94. The minimum Gasteiger partial charge on any atom is -0.381 e. The molecule has 1 fully saturated rings. The van der Waals surface area contributed by atoms with Crippen LogP contribution in [0.1, 0.15) is 33.1 Å². The van der Waals surface area contributed by atoms with E-state index >= 15 is 0 Å². The Morgan fingerprint density at radius 2 is 2.11 bits per heavy atom. The molecule has 2 aliphatic heterocycles. The van der Waals surface area contributed by atoms with Crippen molar-refractivity contribution in [2.45, 2.75) is 43.7 Å². The summed E-state index contributed by atoms with van der Waals surface area (Å²) < 4.78 is 4.74. The SMILES string of the molecule is CC(C)(Br)C(=O)NC1CC(C2CCOCC2)=NO1. The number of amides is 1. The highest BCUT2D eigenvalue weighted by molar-refractivity contribution is 9.10. The molecule has 0 aromatic heterocycles. The average Bonchev–Trinajstić information content (AvgIpc) is 2.77. The lowest BCUT2D eigenvalue weighted by Gasteiger charge is -2.21. The molecule has 1 unspecified atom stereocenters. The van der Waals surface area contributed by atoms with Crippen molar-refractivity contribution in [3.8, 4) is 0 Å². The van der Waals surface area contributed by atoms with Crippen molar-refractivity contribution in [2.75, 3.05) is 13.2 Å². The van der Waals surface area contributed by atoms with Gasteiger partial charge in [0.2, 0.25) is 12.1 Å². The van der Waals surface area contributed by atoms with Crippen molar-refractivity contribution in [3.05, 3.63) is 0 Å². The van der Waals surface area contributed by atoms with E-state index in [1.165, 1.54) is 0 Å². The first kappa shape index (κ1) is 13.8. The van der Waals surface area contributed by atoms with Crippen LogP contribution in [0.5, 0.6) is 0 Å². The van der Waals surface area contributed by atoms with Gasteiger partial charge in [0.25, 0.3) is 0 Å². The lowest BCUT2D eigenvalue weighted by molar-refractivity contribution is -0.126. The molecule has 0 saturated carbocycles. The van der Waals surface area contributed by atoms with Crippen LogP contribution in [0.25, 0.3) is 0 Å². The minimum atomic E-state index is -0.586. The standard InChI is InChI=1S/C12H19BrN2O3/c1-12(2,13)11(16)14-10-7-9(15-18-10)8-3-5-17-6-4-8/h8,10H,3-7H2,1-2H3,(H,14,16). The Labute approximate surface area is 115 Å². The Balaban J connectivity index is 1.82. The molecular weight excluding hydrogens is 300 g/mol. The fraction of sp³-hybridized carbons (Fsp3) is 0.833. The van der Waals surface area contributed by atoms with Gasteiger partial charge in [-0.3, -0.25) is 4.79 Å². The van der Waals surface area contributed by atoms with E-state index in [1.807, 2.05) is 0 Å². The number of halogens is 1. The Kier molecular flexibility index (Phi) is 4.27. The summed E-state index contributed by atoms with van der Waals surface area (Å²) in [6.07, 6.45) is 2.34. The highest BCUT2D eigenvalue weighted by Crippen LogP contribution is 2.24. The van der Waals surface area contributed by atoms with Gasteiger partial charge in [0.1, 0.15) is 0 Å². The van der Waals surface area contributed by atoms with Crippen molar-refractivity contribution in [2.24, 2.45) is 11.1 Å². The van der Waals surface area contributed by atoms with Gasteiger partial charge in [0.15, 0.2) is 0 Å². The van der Waals surface area contributed by atoms with Gasteiger partial charge in [-0.05, 0) is 26.7 Å². The zero-order valence-corrected chi connectivity index (χ0v) is 12.3. The second kappa shape index (κ2) is 5.57. The molecule has 2 heterocycles. The molecule has 0 spiro atoms. The smallest absolute Gasteiger partial charge is 0.239 e. The van der Waals surface area contributed by atoms with Crippen LogP contribution in [0.3, 0.4) is 0 Å². The third-order valence-electron chi connectivity index (χ3n) is 3.22. The molecule has 2 aliphatic rings. The maximum atomic E-state index is 11.8. The van der Waals surface area contributed by atoms with Gasteiger partial charge in [-0.1, -0.05) is 21.1 Å². The van der Waals surface area contributed by atoms with Gasteiger partial charge in [0.05, 0.1) is 10.0 Å². The summed E-state index contributed by atoms with van der Waals surface area (Å²) in [7, 11) is 0. The maximum Gasteiger partial charge on any atom is 0.239 e. The van der Waals surface area contributed by atoms with E-state index in [4.69, 9.17) is 9.57 Å². The Morgan fingerprint density at radius 3 is 2.72 bits per heavy atom. The number of rotatable bonds is 3. The molecule has 1 amide bonds. The van der Waals surface area contributed by atoms with Crippen LogP contribution in [-0.2, 0) is 14.4 Å². The molecule has 0 aromatic rings. The summed E-state index contributed by atoms with van der Waals surface area (Å²) in [6.45, 7) is 5.18. The van der Waals surface area contributed by atoms with E-state index in [1.54, 1.807) is 13.8 Å². The van der Waals surface area contributed by atoms with Gasteiger partial charge in [-0.15, -0.1) is 0 Å². The van der Waals surface area contributed by atoms with Crippen molar-refractivity contribution in [3.63, 3.8) is 0 Å². The van der Waals surface area contributed by atoms with Gasteiger partial charge in [-0.2, -0.15) is 0 Å². The highest BCUT2D eigenvalue weighted by Gasteiger charge is 2.32. The van der Waals surface area contributed by atoms with E-state index in [0.717, 1.165) is 31.8 Å². The average molecular weight is 319 g/mol. The van der Waals surface area contributed by atoms with Gasteiger partial charge in [-0.25, -0.2) is 0 Å². The summed E-state index contributed by atoms with van der Waals surface area (Å²) in [5.41, 5.74) is 1.05. The quantitative estimate of drug-likeness (QED) is 0.807. The number of ether oxygens (including phenoxy) is 1. The second-order valence-electron chi connectivity index (χ2n) is 5.21. The van der Waals surface area contributed by atoms with Crippen LogP contribution in [0.4, 0.5) is 0 Å².